The quantitative estimate of drug-likeness (QED) is 0.316. The standard InChI is InChI=1S/C28H27NO4/c1-3-33-23-15-13-22(14-16-23)26(30)24-25(21-11-9-19(2)10-12-21)29(28(32)27(24)31)18-17-20-7-5-4-6-8-20/h4-16,25,30H,3,17-18H2,1-2H3/b26-24-. The van der Waals surface area contributed by atoms with Gasteiger partial charge in [-0.05, 0) is 55.7 Å². The number of aliphatic hydroxyl groups excluding tert-OH is 1. The third-order valence-electron chi connectivity index (χ3n) is 5.86. The number of hydrogen-bond acceptors (Lipinski definition) is 4. The molecule has 168 valence electrons. The van der Waals surface area contributed by atoms with E-state index in [1.165, 1.54) is 0 Å². The summed E-state index contributed by atoms with van der Waals surface area (Å²) in [6, 6.07) is 23.8. The number of nitrogens with zero attached hydrogens (tertiary/aromatic N) is 1. The number of amides is 1. The van der Waals surface area contributed by atoms with Gasteiger partial charge in [-0.1, -0.05) is 60.2 Å². The summed E-state index contributed by atoms with van der Waals surface area (Å²) < 4.78 is 5.47. The SMILES string of the molecule is CCOc1ccc(/C(O)=C2/C(=O)C(=O)N(CCc3ccccc3)C2c2ccc(C)cc2)cc1. The Labute approximate surface area is 193 Å². The molecule has 33 heavy (non-hydrogen) atoms. The van der Waals surface area contributed by atoms with Crippen molar-refractivity contribution in [2.24, 2.45) is 0 Å². The molecule has 5 nitrogen and oxygen atoms in total. The average molecular weight is 442 g/mol. The summed E-state index contributed by atoms with van der Waals surface area (Å²) in [6.45, 7) is 4.78. The van der Waals surface area contributed by atoms with E-state index in [1.807, 2.05) is 68.4 Å². The molecule has 1 N–H and O–H groups in total. The van der Waals surface area contributed by atoms with E-state index < -0.39 is 17.7 Å². The highest BCUT2D eigenvalue weighted by Gasteiger charge is 2.45. The van der Waals surface area contributed by atoms with Crippen LogP contribution in [0.4, 0.5) is 0 Å². The monoisotopic (exact) mass is 441 g/mol. The van der Waals surface area contributed by atoms with Crippen molar-refractivity contribution < 1.29 is 19.4 Å². The number of aliphatic hydroxyl groups is 1. The highest BCUT2D eigenvalue weighted by molar-refractivity contribution is 6.46. The molecule has 0 spiro atoms. The van der Waals surface area contributed by atoms with Crippen molar-refractivity contribution in [2.75, 3.05) is 13.2 Å². The van der Waals surface area contributed by atoms with Crippen LogP contribution >= 0.6 is 0 Å². The number of aryl methyl sites for hydroxylation is 1. The minimum absolute atomic E-state index is 0.112. The third-order valence-corrected chi connectivity index (χ3v) is 5.86. The Bertz CT molecular complexity index is 1160. The van der Waals surface area contributed by atoms with Crippen LogP contribution in [-0.4, -0.2) is 34.8 Å². The van der Waals surface area contributed by atoms with Gasteiger partial charge in [0.1, 0.15) is 11.5 Å². The molecule has 1 fully saturated rings. The molecule has 1 unspecified atom stereocenters. The van der Waals surface area contributed by atoms with Crippen molar-refractivity contribution >= 4 is 17.4 Å². The molecular weight excluding hydrogens is 414 g/mol. The minimum atomic E-state index is -0.667. The normalized spacial score (nSPS) is 17.4. The number of Topliss-reactive ketones (excluding diaryl/α,β-unsaturated/α-hetero) is 1. The van der Waals surface area contributed by atoms with Crippen molar-refractivity contribution in [1.82, 2.24) is 4.90 Å². The van der Waals surface area contributed by atoms with Crippen LogP contribution in [0.25, 0.3) is 5.76 Å². The lowest BCUT2D eigenvalue weighted by Gasteiger charge is -2.25. The second kappa shape index (κ2) is 9.74. The zero-order valence-electron chi connectivity index (χ0n) is 18.8. The molecule has 1 atom stereocenters. The molecule has 0 aliphatic carbocycles. The number of hydrogen-bond donors (Lipinski definition) is 1. The Hall–Kier alpha value is -3.86. The zero-order valence-corrected chi connectivity index (χ0v) is 18.8. The minimum Gasteiger partial charge on any atom is -0.507 e. The third kappa shape index (κ3) is 4.67. The van der Waals surface area contributed by atoms with Crippen LogP contribution in [0.1, 0.15) is 35.2 Å². The lowest BCUT2D eigenvalue weighted by Crippen LogP contribution is -2.31. The molecule has 0 saturated carbocycles. The van der Waals surface area contributed by atoms with Gasteiger partial charge < -0.3 is 14.7 Å². The van der Waals surface area contributed by atoms with Crippen molar-refractivity contribution in [1.29, 1.82) is 0 Å². The van der Waals surface area contributed by atoms with E-state index in [2.05, 4.69) is 0 Å². The Morgan fingerprint density at radius 3 is 2.24 bits per heavy atom. The van der Waals surface area contributed by atoms with Crippen molar-refractivity contribution in [3.05, 3.63) is 107 Å². The molecule has 1 saturated heterocycles. The molecule has 3 aromatic carbocycles. The Kier molecular flexibility index (Phi) is 6.59. The average Bonchev–Trinajstić information content (AvgIpc) is 3.09. The first-order chi connectivity index (χ1) is 16.0. The number of carbonyl (C=O) groups is 2. The Balaban J connectivity index is 1.75. The number of likely N-dealkylation sites (tertiary alicyclic amines) is 1. The fraction of sp³-hybridized carbons (Fsp3) is 0.214. The van der Waals surface area contributed by atoms with E-state index in [4.69, 9.17) is 4.74 Å². The van der Waals surface area contributed by atoms with Crippen LogP contribution in [0.3, 0.4) is 0 Å². The smallest absolute Gasteiger partial charge is 0.295 e. The summed E-state index contributed by atoms with van der Waals surface area (Å²) in [5, 5.41) is 11.2. The summed E-state index contributed by atoms with van der Waals surface area (Å²) in [6.07, 6.45) is 0.610. The molecule has 0 radical (unpaired) electrons. The molecular formula is C28H27NO4. The lowest BCUT2D eigenvalue weighted by molar-refractivity contribution is -0.139. The number of carbonyl (C=O) groups excluding carboxylic acids is 2. The molecule has 3 aromatic rings. The van der Waals surface area contributed by atoms with Gasteiger partial charge in [0.15, 0.2) is 0 Å². The molecule has 1 amide bonds. The van der Waals surface area contributed by atoms with Gasteiger partial charge in [0.05, 0.1) is 18.2 Å². The fourth-order valence-corrected chi connectivity index (χ4v) is 4.13. The van der Waals surface area contributed by atoms with Crippen LogP contribution in [-0.2, 0) is 16.0 Å². The highest BCUT2D eigenvalue weighted by Crippen LogP contribution is 2.39. The van der Waals surface area contributed by atoms with E-state index in [1.54, 1.807) is 29.2 Å². The summed E-state index contributed by atoms with van der Waals surface area (Å²) in [5.74, 6) is -0.763. The maximum absolute atomic E-state index is 13.1. The first-order valence-corrected chi connectivity index (χ1v) is 11.1. The van der Waals surface area contributed by atoms with Gasteiger partial charge in [0, 0.05) is 12.1 Å². The number of benzene rings is 3. The zero-order chi connectivity index (χ0) is 23.4. The number of rotatable bonds is 7. The summed E-state index contributed by atoms with van der Waals surface area (Å²) in [5.41, 5.74) is 3.53. The van der Waals surface area contributed by atoms with E-state index in [0.717, 1.165) is 16.7 Å². The Morgan fingerprint density at radius 2 is 1.61 bits per heavy atom. The summed E-state index contributed by atoms with van der Waals surface area (Å²) in [4.78, 5) is 27.8. The van der Waals surface area contributed by atoms with Gasteiger partial charge in [0.25, 0.3) is 11.7 Å². The van der Waals surface area contributed by atoms with Gasteiger partial charge in [0.2, 0.25) is 0 Å². The summed E-state index contributed by atoms with van der Waals surface area (Å²) >= 11 is 0. The molecule has 0 aromatic heterocycles. The lowest BCUT2D eigenvalue weighted by atomic mass is 9.94. The van der Waals surface area contributed by atoms with Gasteiger partial charge >= 0.3 is 0 Å². The van der Waals surface area contributed by atoms with Crippen molar-refractivity contribution in [3.63, 3.8) is 0 Å². The maximum Gasteiger partial charge on any atom is 0.295 e. The van der Waals surface area contributed by atoms with E-state index in [-0.39, 0.29) is 11.3 Å². The van der Waals surface area contributed by atoms with E-state index in [9.17, 15) is 14.7 Å². The van der Waals surface area contributed by atoms with Crippen LogP contribution in [0.2, 0.25) is 0 Å². The maximum atomic E-state index is 13.1. The largest absolute Gasteiger partial charge is 0.507 e. The number of ether oxygens (including phenoxy) is 1. The predicted molar refractivity (Wildman–Crippen MR) is 128 cm³/mol. The van der Waals surface area contributed by atoms with Crippen LogP contribution in [0.5, 0.6) is 5.75 Å². The Morgan fingerprint density at radius 1 is 0.939 bits per heavy atom. The van der Waals surface area contributed by atoms with Gasteiger partial charge in [-0.25, -0.2) is 0 Å². The topological polar surface area (TPSA) is 66.8 Å². The number of ketones is 1. The van der Waals surface area contributed by atoms with E-state index >= 15 is 0 Å². The fourth-order valence-electron chi connectivity index (χ4n) is 4.13. The van der Waals surface area contributed by atoms with Crippen molar-refractivity contribution in [3.8, 4) is 5.75 Å². The summed E-state index contributed by atoms with van der Waals surface area (Å²) in [7, 11) is 0. The van der Waals surface area contributed by atoms with E-state index in [0.29, 0.717) is 30.9 Å². The first kappa shape index (κ1) is 22.3. The van der Waals surface area contributed by atoms with Crippen LogP contribution in [0, 0.1) is 6.92 Å². The first-order valence-electron chi connectivity index (χ1n) is 11.1. The predicted octanol–water partition coefficient (Wildman–Crippen LogP) is 5.06. The van der Waals surface area contributed by atoms with Crippen LogP contribution < -0.4 is 4.74 Å². The molecule has 1 aliphatic rings. The second-order valence-corrected chi connectivity index (χ2v) is 8.10. The van der Waals surface area contributed by atoms with Gasteiger partial charge in [-0.3, -0.25) is 9.59 Å². The molecule has 0 bridgehead atoms. The molecule has 1 heterocycles. The second-order valence-electron chi connectivity index (χ2n) is 8.10. The molecule has 4 rings (SSSR count). The van der Waals surface area contributed by atoms with Gasteiger partial charge in [-0.15, -0.1) is 0 Å². The highest BCUT2D eigenvalue weighted by atomic mass is 16.5. The van der Waals surface area contributed by atoms with Gasteiger partial charge in [-0.2, -0.15) is 0 Å². The van der Waals surface area contributed by atoms with Crippen molar-refractivity contribution in [2.45, 2.75) is 26.3 Å². The molecule has 1 aliphatic heterocycles. The molecule has 5 heteroatoms. The van der Waals surface area contributed by atoms with Crippen LogP contribution in [0.15, 0.2) is 84.4 Å².